The zero-order valence-electron chi connectivity index (χ0n) is 14.8. The lowest BCUT2D eigenvalue weighted by atomic mass is 10.1. The molecule has 1 unspecified atom stereocenters. The van der Waals surface area contributed by atoms with Gasteiger partial charge in [-0.05, 0) is 37.0 Å². The summed E-state index contributed by atoms with van der Waals surface area (Å²) in [6, 6.07) is 6.74. The third-order valence-corrected chi connectivity index (χ3v) is 5.12. The highest BCUT2D eigenvalue weighted by Crippen LogP contribution is 2.27. The number of hydrogen-bond acceptors (Lipinski definition) is 2. The molecular weight excluding hydrogens is 319 g/mol. The normalized spacial score (nSPS) is 21.6. The minimum atomic E-state index is -0.237. The van der Waals surface area contributed by atoms with Crippen molar-refractivity contribution in [3.63, 3.8) is 0 Å². The van der Waals surface area contributed by atoms with E-state index >= 15 is 0 Å². The molecule has 0 aromatic heterocycles. The maximum absolute atomic E-state index is 13.2. The molecule has 2 aliphatic rings. The topological polar surface area (TPSA) is 56.7 Å². The van der Waals surface area contributed by atoms with Crippen LogP contribution in [0.3, 0.4) is 0 Å². The number of aliphatic imine (C=N–C) groups is 1. The Kier molecular flexibility index (Phi) is 5.89. The molecule has 1 heterocycles. The fraction of sp³-hybridized carbons (Fsp3) is 0.579. The number of carbonyl (C=O) groups is 1. The van der Waals surface area contributed by atoms with Crippen LogP contribution in [-0.4, -0.2) is 42.9 Å². The van der Waals surface area contributed by atoms with Crippen LogP contribution in [0.15, 0.2) is 29.3 Å². The van der Waals surface area contributed by atoms with Crippen molar-refractivity contribution >= 4 is 11.9 Å². The Labute approximate surface area is 148 Å². The number of amides is 1. The average molecular weight is 346 g/mol. The first-order valence-electron chi connectivity index (χ1n) is 9.16. The lowest BCUT2D eigenvalue weighted by molar-refractivity contribution is -0.134. The first-order valence-corrected chi connectivity index (χ1v) is 9.16. The molecule has 6 heteroatoms. The second kappa shape index (κ2) is 8.32. The molecule has 1 aromatic carbocycles. The largest absolute Gasteiger partial charge is 0.352 e. The summed E-state index contributed by atoms with van der Waals surface area (Å²) in [5, 5.41) is 6.58. The third-order valence-electron chi connectivity index (χ3n) is 5.12. The predicted molar refractivity (Wildman–Crippen MR) is 96.7 cm³/mol. The molecule has 3 rings (SSSR count). The van der Waals surface area contributed by atoms with Gasteiger partial charge in [-0.1, -0.05) is 25.0 Å². The SMILES string of the molecule is CN=C(NCc1cccc(F)c1)NC1CCN(C(=O)C2CCCC2)C1. The summed E-state index contributed by atoms with van der Waals surface area (Å²) < 4.78 is 13.2. The Bertz CT molecular complexity index is 628. The van der Waals surface area contributed by atoms with Crippen molar-refractivity contribution in [3.8, 4) is 0 Å². The van der Waals surface area contributed by atoms with Gasteiger partial charge in [-0.2, -0.15) is 0 Å². The average Bonchev–Trinajstić information content (AvgIpc) is 3.30. The van der Waals surface area contributed by atoms with Gasteiger partial charge in [0.25, 0.3) is 0 Å². The van der Waals surface area contributed by atoms with Crippen molar-refractivity contribution in [1.29, 1.82) is 0 Å². The van der Waals surface area contributed by atoms with Crippen LogP contribution in [0.5, 0.6) is 0 Å². The van der Waals surface area contributed by atoms with Gasteiger partial charge in [0, 0.05) is 38.6 Å². The molecule has 25 heavy (non-hydrogen) atoms. The third kappa shape index (κ3) is 4.71. The van der Waals surface area contributed by atoms with Crippen LogP contribution >= 0.6 is 0 Å². The predicted octanol–water partition coefficient (Wildman–Crippen LogP) is 2.28. The molecule has 0 bridgehead atoms. The molecule has 2 N–H and O–H groups in total. The molecule has 5 nitrogen and oxygen atoms in total. The molecule has 2 fully saturated rings. The number of rotatable bonds is 4. The summed E-state index contributed by atoms with van der Waals surface area (Å²) in [6.45, 7) is 2.05. The summed E-state index contributed by atoms with van der Waals surface area (Å²) in [6.07, 6.45) is 5.39. The van der Waals surface area contributed by atoms with Crippen molar-refractivity contribution in [2.75, 3.05) is 20.1 Å². The van der Waals surface area contributed by atoms with Crippen LogP contribution in [0.25, 0.3) is 0 Å². The minimum Gasteiger partial charge on any atom is -0.352 e. The molecule has 1 aliphatic heterocycles. The van der Waals surface area contributed by atoms with Crippen molar-refractivity contribution in [3.05, 3.63) is 35.6 Å². The number of guanidine groups is 1. The van der Waals surface area contributed by atoms with Gasteiger partial charge < -0.3 is 15.5 Å². The number of benzene rings is 1. The van der Waals surface area contributed by atoms with E-state index in [1.54, 1.807) is 13.1 Å². The monoisotopic (exact) mass is 346 g/mol. The summed E-state index contributed by atoms with van der Waals surface area (Å²) in [5.41, 5.74) is 0.868. The van der Waals surface area contributed by atoms with Gasteiger partial charge in [-0.25, -0.2) is 4.39 Å². The molecule has 1 saturated heterocycles. The molecular formula is C19H27FN4O. The highest BCUT2D eigenvalue weighted by Gasteiger charge is 2.32. The molecule has 1 aromatic rings. The Morgan fingerprint density at radius 3 is 2.84 bits per heavy atom. The number of carbonyl (C=O) groups excluding carboxylic acids is 1. The van der Waals surface area contributed by atoms with Gasteiger partial charge >= 0.3 is 0 Å². The van der Waals surface area contributed by atoms with E-state index in [9.17, 15) is 9.18 Å². The zero-order chi connectivity index (χ0) is 17.6. The van der Waals surface area contributed by atoms with Gasteiger partial charge in [0.2, 0.25) is 5.91 Å². The van der Waals surface area contributed by atoms with Crippen LogP contribution in [0.1, 0.15) is 37.7 Å². The van der Waals surface area contributed by atoms with Crippen molar-refractivity contribution < 1.29 is 9.18 Å². The van der Waals surface area contributed by atoms with Crippen molar-refractivity contribution in [1.82, 2.24) is 15.5 Å². The smallest absolute Gasteiger partial charge is 0.225 e. The Morgan fingerprint density at radius 1 is 1.32 bits per heavy atom. The van der Waals surface area contributed by atoms with E-state index in [-0.39, 0.29) is 17.8 Å². The number of nitrogens with zero attached hydrogens (tertiary/aromatic N) is 2. The summed E-state index contributed by atoms with van der Waals surface area (Å²) in [5.74, 6) is 1.01. The number of halogens is 1. The second-order valence-electron chi connectivity index (χ2n) is 6.95. The van der Waals surface area contributed by atoms with Crippen LogP contribution in [0.2, 0.25) is 0 Å². The van der Waals surface area contributed by atoms with Gasteiger partial charge in [-0.15, -0.1) is 0 Å². The van der Waals surface area contributed by atoms with E-state index in [2.05, 4.69) is 15.6 Å². The van der Waals surface area contributed by atoms with E-state index in [1.807, 2.05) is 11.0 Å². The molecule has 1 saturated carbocycles. The zero-order valence-corrected chi connectivity index (χ0v) is 14.8. The van der Waals surface area contributed by atoms with Crippen LogP contribution < -0.4 is 10.6 Å². The quantitative estimate of drug-likeness (QED) is 0.650. The maximum atomic E-state index is 13.2. The minimum absolute atomic E-state index is 0.212. The Balaban J connectivity index is 1.47. The van der Waals surface area contributed by atoms with E-state index < -0.39 is 0 Å². The van der Waals surface area contributed by atoms with Crippen LogP contribution in [0, 0.1) is 11.7 Å². The van der Waals surface area contributed by atoms with E-state index in [1.165, 1.54) is 25.0 Å². The van der Waals surface area contributed by atoms with Crippen LogP contribution in [-0.2, 0) is 11.3 Å². The number of nitrogens with one attached hydrogen (secondary N) is 2. The van der Waals surface area contributed by atoms with Gasteiger partial charge in [0.1, 0.15) is 5.82 Å². The summed E-state index contributed by atoms with van der Waals surface area (Å²) >= 11 is 0. The van der Waals surface area contributed by atoms with Gasteiger partial charge in [0.05, 0.1) is 0 Å². The lowest BCUT2D eigenvalue weighted by Crippen LogP contribution is -2.45. The molecule has 1 aliphatic carbocycles. The second-order valence-corrected chi connectivity index (χ2v) is 6.95. The van der Waals surface area contributed by atoms with E-state index in [0.717, 1.165) is 37.9 Å². The van der Waals surface area contributed by atoms with Crippen LogP contribution in [0.4, 0.5) is 4.39 Å². The molecule has 0 radical (unpaired) electrons. The maximum Gasteiger partial charge on any atom is 0.225 e. The first kappa shape index (κ1) is 17.7. The summed E-state index contributed by atoms with van der Waals surface area (Å²) in [7, 11) is 1.72. The standard InChI is InChI=1S/C19H27FN4O/c1-21-19(22-12-14-5-4-8-16(20)11-14)23-17-9-10-24(13-17)18(25)15-6-2-3-7-15/h4-5,8,11,15,17H,2-3,6-7,9-10,12-13H2,1H3,(H2,21,22,23). The highest BCUT2D eigenvalue weighted by molar-refractivity contribution is 5.81. The van der Waals surface area contributed by atoms with E-state index in [0.29, 0.717) is 18.4 Å². The Morgan fingerprint density at radius 2 is 2.12 bits per heavy atom. The first-order chi connectivity index (χ1) is 12.2. The fourth-order valence-electron chi connectivity index (χ4n) is 3.73. The lowest BCUT2D eigenvalue weighted by Gasteiger charge is -2.21. The highest BCUT2D eigenvalue weighted by atomic mass is 19.1. The van der Waals surface area contributed by atoms with Crippen molar-refractivity contribution in [2.24, 2.45) is 10.9 Å². The Hall–Kier alpha value is -2.11. The number of hydrogen-bond donors (Lipinski definition) is 2. The molecule has 136 valence electrons. The summed E-state index contributed by atoms with van der Waals surface area (Å²) in [4.78, 5) is 18.7. The fourth-order valence-corrected chi connectivity index (χ4v) is 3.73. The number of likely N-dealkylation sites (tertiary alicyclic amines) is 1. The molecule has 0 spiro atoms. The van der Waals surface area contributed by atoms with Gasteiger partial charge in [0.15, 0.2) is 5.96 Å². The van der Waals surface area contributed by atoms with Crippen molar-refractivity contribution in [2.45, 2.75) is 44.7 Å². The van der Waals surface area contributed by atoms with E-state index in [4.69, 9.17) is 0 Å². The van der Waals surface area contributed by atoms with Gasteiger partial charge in [-0.3, -0.25) is 9.79 Å². The molecule has 1 atom stereocenters. The molecule has 1 amide bonds.